The molecule has 5 atom stereocenters. The number of carbonyl (C=O) groups excluding carboxylic acids is 1. The van der Waals surface area contributed by atoms with Gasteiger partial charge in [-0.1, -0.05) is 43.7 Å². The number of allylic oxidation sites excluding steroid dienone is 5. The van der Waals surface area contributed by atoms with Crippen molar-refractivity contribution in [3.63, 3.8) is 0 Å². The first kappa shape index (κ1) is 23.5. The van der Waals surface area contributed by atoms with Crippen molar-refractivity contribution in [1.82, 2.24) is 0 Å². The van der Waals surface area contributed by atoms with Crippen LogP contribution in [0.3, 0.4) is 0 Å². The molecule has 2 N–H and O–H groups in total. The zero-order valence-corrected chi connectivity index (χ0v) is 19.5. The Bertz CT molecular complexity index is 723. The highest BCUT2D eigenvalue weighted by Gasteiger charge is 2.51. The number of carbonyl (C=O) groups is 1. The summed E-state index contributed by atoms with van der Waals surface area (Å²) in [6.07, 6.45) is 14.6. The summed E-state index contributed by atoms with van der Waals surface area (Å²) in [5.41, 5.74) is 3.20. The summed E-state index contributed by atoms with van der Waals surface area (Å²) in [5.74, 6) is 1.08. The molecule has 3 rings (SSSR count). The third-order valence-corrected chi connectivity index (χ3v) is 8.35. The quantitative estimate of drug-likeness (QED) is 0.568. The van der Waals surface area contributed by atoms with E-state index in [1.807, 2.05) is 0 Å². The van der Waals surface area contributed by atoms with Crippen LogP contribution in [0.2, 0.25) is 0 Å². The van der Waals surface area contributed by atoms with Crippen LogP contribution < -0.4 is 0 Å². The summed E-state index contributed by atoms with van der Waals surface area (Å²) in [5, 5.41) is 20.2. The summed E-state index contributed by atoms with van der Waals surface area (Å²) in [4.78, 5) is 12.6. The molecule has 3 saturated carbocycles. The predicted molar refractivity (Wildman–Crippen MR) is 123 cm³/mol. The van der Waals surface area contributed by atoms with E-state index in [9.17, 15) is 15.0 Å². The van der Waals surface area contributed by atoms with Gasteiger partial charge in [0.1, 0.15) is 6.10 Å². The Labute approximate surface area is 183 Å². The number of fused-ring (bicyclic) bond motifs is 1. The van der Waals surface area contributed by atoms with Crippen LogP contribution >= 0.6 is 0 Å². The van der Waals surface area contributed by atoms with Crippen molar-refractivity contribution < 1.29 is 15.0 Å². The highest BCUT2D eigenvalue weighted by molar-refractivity contribution is 5.84. The SMILES string of the molecule is C=C1CCCCC1=CC=C1CCCC2(C)C1CCC2C(C)CC(=O)C(O)C(C)(C)O. The van der Waals surface area contributed by atoms with Crippen LogP contribution in [0.1, 0.15) is 91.9 Å². The summed E-state index contributed by atoms with van der Waals surface area (Å²) in [7, 11) is 0. The Balaban J connectivity index is 1.72. The second-order valence-corrected chi connectivity index (χ2v) is 11.0. The van der Waals surface area contributed by atoms with Gasteiger partial charge < -0.3 is 10.2 Å². The second-order valence-electron chi connectivity index (χ2n) is 11.0. The van der Waals surface area contributed by atoms with Gasteiger partial charge in [0.05, 0.1) is 5.60 Å². The molecule has 3 aliphatic carbocycles. The lowest BCUT2D eigenvalue weighted by molar-refractivity contribution is -0.141. The second kappa shape index (κ2) is 9.12. The van der Waals surface area contributed by atoms with E-state index < -0.39 is 11.7 Å². The van der Waals surface area contributed by atoms with E-state index in [2.05, 4.69) is 32.6 Å². The lowest BCUT2D eigenvalue weighted by atomic mass is 9.60. The zero-order valence-electron chi connectivity index (χ0n) is 19.5. The Morgan fingerprint density at radius 1 is 1.20 bits per heavy atom. The van der Waals surface area contributed by atoms with Gasteiger partial charge >= 0.3 is 0 Å². The largest absolute Gasteiger partial charge is 0.387 e. The molecule has 0 radical (unpaired) electrons. The summed E-state index contributed by atoms with van der Waals surface area (Å²) < 4.78 is 0. The molecule has 3 aliphatic rings. The van der Waals surface area contributed by atoms with Crippen molar-refractivity contribution in [2.45, 2.75) is 104 Å². The highest BCUT2D eigenvalue weighted by atomic mass is 16.3. The topological polar surface area (TPSA) is 57.5 Å². The molecular formula is C27H42O3. The monoisotopic (exact) mass is 414 g/mol. The first-order valence-corrected chi connectivity index (χ1v) is 12.0. The number of rotatable bonds is 6. The van der Waals surface area contributed by atoms with Gasteiger partial charge in [-0.2, -0.15) is 0 Å². The molecule has 0 aromatic rings. The van der Waals surface area contributed by atoms with E-state index in [-0.39, 0.29) is 17.1 Å². The normalized spacial score (nSPS) is 34.8. The Hall–Kier alpha value is -1.19. The van der Waals surface area contributed by atoms with Crippen LogP contribution in [0.4, 0.5) is 0 Å². The molecule has 0 aromatic carbocycles. The molecule has 0 bridgehead atoms. The van der Waals surface area contributed by atoms with Crippen molar-refractivity contribution in [1.29, 1.82) is 0 Å². The van der Waals surface area contributed by atoms with Gasteiger partial charge in [-0.25, -0.2) is 0 Å². The maximum Gasteiger partial charge on any atom is 0.164 e. The van der Waals surface area contributed by atoms with Gasteiger partial charge in [0, 0.05) is 6.42 Å². The maximum absolute atomic E-state index is 12.6. The molecular weight excluding hydrogens is 372 g/mol. The lowest BCUT2D eigenvalue weighted by Crippen LogP contribution is -2.43. The summed E-state index contributed by atoms with van der Waals surface area (Å²) >= 11 is 0. The molecule has 0 amide bonds. The molecule has 168 valence electrons. The maximum atomic E-state index is 12.6. The van der Waals surface area contributed by atoms with Crippen LogP contribution in [0.5, 0.6) is 0 Å². The van der Waals surface area contributed by atoms with Crippen LogP contribution in [0, 0.1) is 23.2 Å². The van der Waals surface area contributed by atoms with Crippen molar-refractivity contribution >= 4 is 5.78 Å². The number of aliphatic hydroxyl groups is 2. The number of hydrogen-bond donors (Lipinski definition) is 2. The van der Waals surface area contributed by atoms with Crippen molar-refractivity contribution in [3.8, 4) is 0 Å². The molecule has 0 saturated heterocycles. The van der Waals surface area contributed by atoms with Gasteiger partial charge in [0.25, 0.3) is 0 Å². The van der Waals surface area contributed by atoms with E-state index in [0.717, 1.165) is 19.3 Å². The van der Waals surface area contributed by atoms with E-state index in [0.29, 0.717) is 18.3 Å². The Kier molecular flexibility index (Phi) is 7.14. The summed E-state index contributed by atoms with van der Waals surface area (Å²) in [6.45, 7) is 11.9. The van der Waals surface area contributed by atoms with E-state index >= 15 is 0 Å². The van der Waals surface area contributed by atoms with Gasteiger partial charge in [-0.3, -0.25) is 4.79 Å². The number of aliphatic hydroxyl groups excluding tert-OH is 1. The molecule has 0 heterocycles. The van der Waals surface area contributed by atoms with Gasteiger partial charge in [-0.05, 0) is 100 Å². The van der Waals surface area contributed by atoms with Crippen LogP contribution in [-0.2, 0) is 4.79 Å². The average molecular weight is 415 g/mol. The molecule has 5 unspecified atom stereocenters. The fourth-order valence-corrected chi connectivity index (χ4v) is 6.58. The van der Waals surface area contributed by atoms with Crippen molar-refractivity contribution in [2.24, 2.45) is 23.2 Å². The van der Waals surface area contributed by atoms with Gasteiger partial charge in [0.2, 0.25) is 0 Å². The van der Waals surface area contributed by atoms with Crippen LogP contribution in [-0.4, -0.2) is 27.7 Å². The first-order valence-electron chi connectivity index (χ1n) is 12.0. The van der Waals surface area contributed by atoms with E-state index in [4.69, 9.17) is 0 Å². The zero-order chi connectivity index (χ0) is 22.1. The average Bonchev–Trinajstić information content (AvgIpc) is 3.03. The van der Waals surface area contributed by atoms with Crippen LogP contribution in [0.25, 0.3) is 0 Å². The molecule has 3 heteroatoms. The number of hydrogen-bond acceptors (Lipinski definition) is 3. The van der Waals surface area contributed by atoms with Gasteiger partial charge in [-0.15, -0.1) is 0 Å². The Morgan fingerprint density at radius 2 is 1.90 bits per heavy atom. The third-order valence-electron chi connectivity index (χ3n) is 8.35. The molecule has 3 nitrogen and oxygen atoms in total. The number of Topliss-reactive ketones (excluding diaryl/α,β-unsaturated/α-hetero) is 1. The minimum Gasteiger partial charge on any atom is -0.387 e. The number of ketones is 1. The standard InChI is InChI=1S/C27H42O3/c1-18-9-6-7-10-20(18)12-13-21-11-8-16-27(5)22(14-15-23(21)27)19(2)17-24(28)25(29)26(3,4)30/h12-13,19,22-23,25,29-30H,1,6-11,14-17H2,2-5H3. The Morgan fingerprint density at radius 3 is 2.57 bits per heavy atom. The van der Waals surface area contributed by atoms with Crippen molar-refractivity contribution in [2.75, 3.05) is 0 Å². The first-order chi connectivity index (χ1) is 14.0. The van der Waals surface area contributed by atoms with Gasteiger partial charge in [0.15, 0.2) is 5.78 Å². The van der Waals surface area contributed by atoms with E-state index in [1.165, 1.54) is 63.5 Å². The third kappa shape index (κ3) is 4.83. The van der Waals surface area contributed by atoms with E-state index in [1.54, 1.807) is 5.57 Å². The van der Waals surface area contributed by atoms with Crippen molar-refractivity contribution in [3.05, 3.63) is 35.5 Å². The highest BCUT2D eigenvalue weighted by Crippen LogP contribution is 2.59. The molecule has 3 fully saturated rings. The summed E-state index contributed by atoms with van der Waals surface area (Å²) in [6, 6.07) is 0. The molecule has 30 heavy (non-hydrogen) atoms. The fraction of sp³-hybridized carbons (Fsp3) is 0.741. The lowest BCUT2D eigenvalue weighted by Gasteiger charge is -2.44. The smallest absolute Gasteiger partial charge is 0.164 e. The predicted octanol–water partition coefficient (Wildman–Crippen LogP) is 5.91. The minimum absolute atomic E-state index is 0.223. The molecule has 0 spiro atoms. The fourth-order valence-electron chi connectivity index (χ4n) is 6.58. The minimum atomic E-state index is -1.38. The molecule has 0 aliphatic heterocycles. The molecule has 0 aromatic heterocycles. The van der Waals surface area contributed by atoms with Crippen LogP contribution in [0.15, 0.2) is 35.5 Å².